The second-order valence-electron chi connectivity index (χ2n) is 6.21. The maximum atomic E-state index is 12.5. The highest BCUT2D eigenvalue weighted by Gasteiger charge is 2.22. The number of hydrogen-bond acceptors (Lipinski definition) is 5. The molecule has 1 fully saturated rings. The molecule has 1 saturated heterocycles. The van der Waals surface area contributed by atoms with Gasteiger partial charge in [-0.15, -0.1) is 11.3 Å². The van der Waals surface area contributed by atoms with Crippen LogP contribution in [0.15, 0.2) is 24.3 Å². The molecule has 1 aliphatic heterocycles. The number of piperidine rings is 1. The van der Waals surface area contributed by atoms with Gasteiger partial charge in [-0.1, -0.05) is 12.1 Å². The third-order valence-electron chi connectivity index (χ3n) is 4.32. The van der Waals surface area contributed by atoms with Crippen molar-refractivity contribution in [1.29, 1.82) is 0 Å². The minimum atomic E-state index is -0.959. The number of carboxylic acids is 1. The summed E-state index contributed by atoms with van der Waals surface area (Å²) < 4.78 is 0. The maximum absolute atomic E-state index is 12.5. The first-order chi connectivity index (χ1) is 11.9. The summed E-state index contributed by atoms with van der Waals surface area (Å²) in [5.74, 6) is -0.992. The van der Waals surface area contributed by atoms with Crippen LogP contribution in [0.4, 0.5) is 0 Å². The van der Waals surface area contributed by atoms with Gasteiger partial charge < -0.3 is 15.1 Å². The molecule has 6 nitrogen and oxygen atoms in total. The number of rotatable bonds is 4. The van der Waals surface area contributed by atoms with Crippen molar-refractivity contribution in [3.63, 3.8) is 0 Å². The molecule has 1 aromatic carbocycles. The fourth-order valence-corrected chi connectivity index (χ4v) is 3.74. The SMILES string of the molecule is Cc1nc(Cc2ccc(C(=O)N3CCC(O)CC3)cc2)c(C(=O)O)s1. The monoisotopic (exact) mass is 360 g/mol. The zero-order valence-corrected chi connectivity index (χ0v) is 14.8. The van der Waals surface area contributed by atoms with Crippen LogP contribution in [0.25, 0.3) is 0 Å². The number of aromatic carboxylic acids is 1. The lowest BCUT2D eigenvalue weighted by molar-refractivity contribution is 0.0546. The van der Waals surface area contributed by atoms with E-state index in [1.165, 1.54) is 11.3 Å². The first-order valence-corrected chi connectivity index (χ1v) is 9.01. The van der Waals surface area contributed by atoms with Crippen LogP contribution in [0, 0.1) is 6.92 Å². The van der Waals surface area contributed by atoms with Crippen molar-refractivity contribution in [3.05, 3.63) is 51.0 Å². The van der Waals surface area contributed by atoms with Gasteiger partial charge in [0.25, 0.3) is 5.91 Å². The summed E-state index contributed by atoms with van der Waals surface area (Å²) in [6, 6.07) is 7.21. The third kappa shape index (κ3) is 4.05. The highest BCUT2D eigenvalue weighted by atomic mass is 32.1. The summed E-state index contributed by atoms with van der Waals surface area (Å²) in [5, 5.41) is 19.5. The number of thiazole rings is 1. The lowest BCUT2D eigenvalue weighted by atomic mass is 10.0. The Labute approximate surface area is 149 Å². The standard InChI is InChI=1S/C18H20N2O4S/c1-11-19-15(16(25-11)18(23)24)10-12-2-4-13(5-3-12)17(22)20-8-6-14(21)7-9-20/h2-5,14,21H,6-10H2,1H3,(H,23,24). The molecule has 0 radical (unpaired) electrons. The lowest BCUT2D eigenvalue weighted by Gasteiger charge is -2.29. The second-order valence-corrected chi connectivity index (χ2v) is 7.41. The van der Waals surface area contributed by atoms with Crippen molar-refractivity contribution in [1.82, 2.24) is 9.88 Å². The predicted molar refractivity (Wildman–Crippen MR) is 94.2 cm³/mol. The van der Waals surface area contributed by atoms with Crippen LogP contribution in [0.5, 0.6) is 0 Å². The number of amides is 1. The minimum Gasteiger partial charge on any atom is -0.477 e. The first-order valence-electron chi connectivity index (χ1n) is 8.20. The number of aromatic nitrogens is 1. The summed E-state index contributed by atoms with van der Waals surface area (Å²) in [5.41, 5.74) is 2.07. The van der Waals surface area contributed by atoms with Gasteiger partial charge >= 0.3 is 5.97 Å². The Bertz CT molecular complexity index is 777. The number of likely N-dealkylation sites (tertiary alicyclic amines) is 1. The van der Waals surface area contributed by atoms with Gasteiger partial charge in [0.05, 0.1) is 16.8 Å². The topological polar surface area (TPSA) is 90.7 Å². The molecule has 7 heteroatoms. The molecule has 3 rings (SSSR count). The molecule has 1 amide bonds. The van der Waals surface area contributed by atoms with Crippen LogP contribution in [0.3, 0.4) is 0 Å². The van der Waals surface area contributed by atoms with Crippen LogP contribution < -0.4 is 0 Å². The number of nitrogens with zero attached hydrogens (tertiary/aromatic N) is 2. The van der Waals surface area contributed by atoms with Gasteiger partial charge in [0.2, 0.25) is 0 Å². The highest BCUT2D eigenvalue weighted by molar-refractivity contribution is 7.13. The van der Waals surface area contributed by atoms with E-state index < -0.39 is 5.97 Å². The first kappa shape index (κ1) is 17.6. The van der Waals surface area contributed by atoms with E-state index >= 15 is 0 Å². The molecule has 1 aromatic heterocycles. The number of carbonyl (C=O) groups is 2. The van der Waals surface area contributed by atoms with E-state index in [9.17, 15) is 19.8 Å². The second kappa shape index (κ2) is 7.33. The number of aliphatic hydroxyl groups is 1. The van der Waals surface area contributed by atoms with Crippen molar-refractivity contribution in [3.8, 4) is 0 Å². The van der Waals surface area contributed by atoms with Crippen molar-refractivity contribution in [2.75, 3.05) is 13.1 Å². The van der Waals surface area contributed by atoms with Gasteiger partial charge in [0.1, 0.15) is 4.88 Å². The molecule has 0 unspecified atom stereocenters. The lowest BCUT2D eigenvalue weighted by Crippen LogP contribution is -2.40. The van der Waals surface area contributed by atoms with Crippen molar-refractivity contribution >= 4 is 23.2 Å². The van der Waals surface area contributed by atoms with Crippen LogP contribution in [-0.4, -0.2) is 51.2 Å². The molecule has 1 aliphatic rings. The van der Waals surface area contributed by atoms with E-state index in [1.807, 2.05) is 12.1 Å². The van der Waals surface area contributed by atoms with Crippen LogP contribution in [0.2, 0.25) is 0 Å². The van der Waals surface area contributed by atoms with Crippen molar-refractivity contribution < 1.29 is 19.8 Å². The Balaban J connectivity index is 1.70. The molecule has 0 aliphatic carbocycles. The summed E-state index contributed by atoms with van der Waals surface area (Å²) in [6.45, 7) is 2.93. The Kier molecular flexibility index (Phi) is 5.15. The molecule has 0 spiro atoms. The van der Waals surface area contributed by atoms with Gasteiger partial charge in [0, 0.05) is 25.1 Å². The summed E-state index contributed by atoms with van der Waals surface area (Å²) in [6.07, 6.45) is 1.35. The molecular weight excluding hydrogens is 340 g/mol. The number of carboxylic acid groups (broad SMARTS) is 1. The molecule has 2 N–H and O–H groups in total. The molecule has 132 valence electrons. The van der Waals surface area contributed by atoms with Crippen LogP contribution >= 0.6 is 11.3 Å². The molecular formula is C18H20N2O4S. The maximum Gasteiger partial charge on any atom is 0.347 e. The molecule has 2 aromatic rings. The van der Waals surface area contributed by atoms with E-state index in [0.29, 0.717) is 43.6 Å². The zero-order chi connectivity index (χ0) is 18.0. The Morgan fingerprint density at radius 2 is 1.88 bits per heavy atom. The normalized spacial score (nSPS) is 15.4. The van der Waals surface area contributed by atoms with Crippen LogP contribution in [-0.2, 0) is 6.42 Å². The van der Waals surface area contributed by atoms with Gasteiger partial charge in [-0.2, -0.15) is 0 Å². The zero-order valence-electron chi connectivity index (χ0n) is 13.9. The van der Waals surface area contributed by atoms with E-state index in [2.05, 4.69) is 4.98 Å². The number of benzene rings is 1. The number of carbonyl (C=O) groups excluding carboxylic acids is 1. The quantitative estimate of drug-likeness (QED) is 0.873. The van der Waals surface area contributed by atoms with E-state index in [0.717, 1.165) is 10.6 Å². The van der Waals surface area contributed by atoms with E-state index in [-0.39, 0.29) is 16.9 Å². The van der Waals surface area contributed by atoms with Crippen molar-refractivity contribution in [2.24, 2.45) is 0 Å². The average Bonchev–Trinajstić information content (AvgIpc) is 2.96. The molecule has 2 heterocycles. The third-order valence-corrected chi connectivity index (χ3v) is 5.32. The average molecular weight is 360 g/mol. The molecule has 0 atom stereocenters. The van der Waals surface area contributed by atoms with Gasteiger partial charge in [0.15, 0.2) is 0 Å². The van der Waals surface area contributed by atoms with E-state index in [4.69, 9.17) is 0 Å². The summed E-state index contributed by atoms with van der Waals surface area (Å²) >= 11 is 1.18. The van der Waals surface area contributed by atoms with Crippen molar-refractivity contribution in [2.45, 2.75) is 32.3 Å². The highest BCUT2D eigenvalue weighted by Crippen LogP contribution is 2.21. The van der Waals surface area contributed by atoms with Gasteiger partial charge in [-0.25, -0.2) is 9.78 Å². The number of aryl methyl sites for hydroxylation is 1. The molecule has 0 bridgehead atoms. The smallest absolute Gasteiger partial charge is 0.347 e. The number of aliphatic hydroxyl groups excluding tert-OH is 1. The summed E-state index contributed by atoms with van der Waals surface area (Å²) in [7, 11) is 0. The largest absolute Gasteiger partial charge is 0.477 e. The Morgan fingerprint density at radius 1 is 1.24 bits per heavy atom. The molecule has 0 saturated carbocycles. The summed E-state index contributed by atoms with van der Waals surface area (Å²) in [4.78, 5) is 30.1. The number of hydrogen-bond donors (Lipinski definition) is 2. The Hall–Kier alpha value is -2.25. The Morgan fingerprint density at radius 3 is 2.48 bits per heavy atom. The minimum absolute atomic E-state index is 0.0332. The fraction of sp³-hybridized carbons (Fsp3) is 0.389. The van der Waals surface area contributed by atoms with E-state index in [1.54, 1.807) is 24.0 Å². The van der Waals surface area contributed by atoms with Gasteiger partial charge in [-0.05, 0) is 37.5 Å². The molecule has 25 heavy (non-hydrogen) atoms. The fourth-order valence-electron chi connectivity index (χ4n) is 2.97. The predicted octanol–water partition coefficient (Wildman–Crippen LogP) is 2.34. The van der Waals surface area contributed by atoms with Crippen LogP contribution in [0.1, 0.15) is 49.1 Å². The van der Waals surface area contributed by atoms with Gasteiger partial charge in [-0.3, -0.25) is 4.79 Å².